The molecule has 1 N–H and O–H groups in total. The second-order valence-electron chi connectivity index (χ2n) is 3.09. The van der Waals surface area contributed by atoms with Crippen LogP contribution in [0.25, 0.3) is 0 Å². The lowest BCUT2D eigenvalue weighted by atomic mass is 10.3. The molecule has 0 atom stereocenters. The summed E-state index contributed by atoms with van der Waals surface area (Å²) >= 11 is 3.17. The largest absolute Gasteiger partial charge is 0.491 e. The maximum absolute atomic E-state index is 10.6. The van der Waals surface area contributed by atoms with Gasteiger partial charge in [-0.3, -0.25) is 10.1 Å². The standard InChI is InChI=1S/C10H12BrNO5/c11-8-5-9(12(14)15)7-10(6-8)17-4-3-16-2-1-13/h5-7,13H,1-4H2. The first-order chi connectivity index (χ1) is 8.13. The summed E-state index contributed by atoms with van der Waals surface area (Å²) in [6, 6.07) is 4.38. The molecule has 0 saturated carbocycles. The van der Waals surface area contributed by atoms with E-state index in [1.165, 1.54) is 12.1 Å². The maximum atomic E-state index is 10.6. The highest BCUT2D eigenvalue weighted by Crippen LogP contribution is 2.25. The first-order valence-electron chi connectivity index (χ1n) is 4.90. The van der Waals surface area contributed by atoms with Crippen LogP contribution < -0.4 is 4.74 Å². The molecule has 0 unspecified atom stereocenters. The van der Waals surface area contributed by atoms with Gasteiger partial charge in [0.15, 0.2) is 0 Å². The Hall–Kier alpha value is -1.18. The van der Waals surface area contributed by atoms with Crippen molar-refractivity contribution in [2.45, 2.75) is 0 Å². The average molecular weight is 306 g/mol. The van der Waals surface area contributed by atoms with Gasteiger partial charge in [-0.15, -0.1) is 0 Å². The van der Waals surface area contributed by atoms with E-state index < -0.39 is 4.92 Å². The number of nitro groups is 1. The van der Waals surface area contributed by atoms with Gasteiger partial charge in [0.05, 0.1) is 30.8 Å². The fourth-order valence-corrected chi connectivity index (χ4v) is 1.58. The number of aliphatic hydroxyl groups excluding tert-OH is 1. The van der Waals surface area contributed by atoms with E-state index >= 15 is 0 Å². The lowest BCUT2D eigenvalue weighted by Crippen LogP contribution is -2.09. The van der Waals surface area contributed by atoms with E-state index in [9.17, 15) is 10.1 Å². The Bertz CT molecular complexity index is 385. The first-order valence-corrected chi connectivity index (χ1v) is 5.69. The number of aliphatic hydroxyl groups is 1. The molecule has 0 aliphatic rings. The second kappa shape index (κ2) is 7.21. The fraction of sp³-hybridized carbons (Fsp3) is 0.400. The number of rotatable bonds is 7. The van der Waals surface area contributed by atoms with Crippen LogP contribution in [0.2, 0.25) is 0 Å². The van der Waals surface area contributed by atoms with Crippen LogP contribution >= 0.6 is 15.9 Å². The van der Waals surface area contributed by atoms with Crippen LogP contribution in [0, 0.1) is 10.1 Å². The molecule has 6 nitrogen and oxygen atoms in total. The van der Waals surface area contributed by atoms with E-state index in [4.69, 9.17) is 14.6 Å². The van der Waals surface area contributed by atoms with Gasteiger partial charge in [0.1, 0.15) is 12.4 Å². The van der Waals surface area contributed by atoms with Crippen molar-refractivity contribution in [3.63, 3.8) is 0 Å². The molecular formula is C10H12BrNO5. The summed E-state index contributed by atoms with van der Waals surface area (Å²) in [5.41, 5.74) is -0.0364. The minimum absolute atomic E-state index is 0.0364. The number of non-ortho nitro benzene ring substituents is 1. The Kier molecular flexibility index (Phi) is 5.88. The smallest absolute Gasteiger partial charge is 0.274 e. The van der Waals surface area contributed by atoms with Crippen LogP contribution in [-0.2, 0) is 4.74 Å². The minimum Gasteiger partial charge on any atom is -0.491 e. The maximum Gasteiger partial charge on any atom is 0.274 e. The lowest BCUT2D eigenvalue weighted by Gasteiger charge is -2.06. The Labute approximate surface area is 106 Å². The van der Waals surface area contributed by atoms with E-state index in [0.29, 0.717) is 16.8 Å². The van der Waals surface area contributed by atoms with Crippen LogP contribution in [-0.4, -0.2) is 36.5 Å². The van der Waals surface area contributed by atoms with Crippen molar-refractivity contribution in [2.75, 3.05) is 26.4 Å². The van der Waals surface area contributed by atoms with Gasteiger partial charge in [-0.25, -0.2) is 0 Å². The Morgan fingerprint density at radius 1 is 1.29 bits per heavy atom. The highest BCUT2D eigenvalue weighted by molar-refractivity contribution is 9.10. The summed E-state index contributed by atoms with van der Waals surface area (Å²) < 4.78 is 10.9. The van der Waals surface area contributed by atoms with Gasteiger partial charge in [0.25, 0.3) is 5.69 Å². The highest BCUT2D eigenvalue weighted by Gasteiger charge is 2.09. The predicted molar refractivity (Wildman–Crippen MR) is 64.2 cm³/mol. The first kappa shape index (κ1) is 13.9. The summed E-state index contributed by atoms with van der Waals surface area (Å²) in [4.78, 5) is 10.1. The van der Waals surface area contributed by atoms with Gasteiger partial charge in [-0.2, -0.15) is 0 Å². The van der Waals surface area contributed by atoms with E-state index in [-0.39, 0.29) is 25.5 Å². The van der Waals surface area contributed by atoms with Crippen molar-refractivity contribution in [1.29, 1.82) is 0 Å². The Morgan fingerprint density at radius 2 is 2.06 bits per heavy atom. The third-order valence-electron chi connectivity index (χ3n) is 1.80. The molecule has 0 saturated heterocycles. The van der Waals surface area contributed by atoms with Gasteiger partial charge in [-0.05, 0) is 6.07 Å². The van der Waals surface area contributed by atoms with Gasteiger partial charge < -0.3 is 14.6 Å². The van der Waals surface area contributed by atoms with Gasteiger partial charge >= 0.3 is 0 Å². The normalized spacial score (nSPS) is 10.2. The zero-order valence-electron chi connectivity index (χ0n) is 8.97. The van der Waals surface area contributed by atoms with E-state index in [2.05, 4.69) is 15.9 Å². The third kappa shape index (κ3) is 5.12. The highest BCUT2D eigenvalue weighted by atomic mass is 79.9. The van der Waals surface area contributed by atoms with Crippen molar-refractivity contribution < 1.29 is 19.5 Å². The molecule has 0 aliphatic carbocycles. The van der Waals surface area contributed by atoms with E-state index in [1.54, 1.807) is 6.07 Å². The predicted octanol–water partition coefficient (Wildman–Crippen LogP) is 1.74. The summed E-state index contributed by atoms with van der Waals surface area (Å²) in [6.07, 6.45) is 0. The third-order valence-corrected chi connectivity index (χ3v) is 2.26. The van der Waals surface area contributed by atoms with Gasteiger partial charge in [0.2, 0.25) is 0 Å². The molecule has 0 aromatic heterocycles. The molecule has 94 valence electrons. The SMILES string of the molecule is O=[N+]([O-])c1cc(Br)cc(OCCOCCO)c1. The molecule has 0 bridgehead atoms. The summed E-state index contributed by atoms with van der Waals surface area (Å²) in [7, 11) is 0. The summed E-state index contributed by atoms with van der Waals surface area (Å²) in [6.45, 7) is 0.804. The van der Waals surface area contributed by atoms with Crippen molar-refractivity contribution in [1.82, 2.24) is 0 Å². The number of hydrogen-bond donors (Lipinski definition) is 1. The van der Waals surface area contributed by atoms with Crippen LogP contribution in [0.15, 0.2) is 22.7 Å². The monoisotopic (exact) mass is 305 g/mol. The van der Waals surface area contributed by atoms with Gasteiger partial charge in [0, 0.05) is 10.5 Å². The molecule has 1 rings (SSSR count). The molecule has 0 heterocycles. The van der Waals surface area contributed by atoms with Crippen molar-refractivity contribution in [3.05, 3.63) is 32.8 Å². The van der Waals surface area contributed by atoms with Crippen LogP contribution in [0.3, 0.4) is 0 Å². The molecule has 0 amide bonds. The topological polar surface area (TPSA) is 81.8 Å². The Morgan fingerprint density at radius 3 is 2.71 bits per heavy atom. The lowest BCUT2D eigenvalue weighted by molar-refractivity contribution is -0.385. The molecule has 1 aromatic rings. The van der Waals surface area contributed by atoms with Crippen LogP contribution in [0.5, 0.6) is 5.75 Å². The molecule has 0 radical (unpaired) electrons. The molecule has 1 aromatic carbocycles. The number of benzene rings is 1. The molecule has 0 fully saturated rings. The average Bonchev–Trinajstić information content (AvgIpc) is 2.28. The van der Waals surface area contributed by atoms with E-state index in [0.717, 1.165) is 0 Å². The van der Waals surface area contributed by atoms with Crippen molar-refractivity contribution >= 4 is 21.6 Å². The molecule has 0 spiro atoms. The molecule has 0 aliphatic heterocycles. The molecule has 17 heavy (non-hydrogen) atoms. The number of nitro benzene ring substituents is 1. The van der Waals surface area contributed by atoms with Crippen LogP contribution in [0.1, 0.15) is 0 Å². The Balaban J connectivity index is 2.50. The van der Waals surface area contributed by atoms with Crippen molar-refractivity contribution in [2.24, 2.45) is 0 Å². The number of halogens is 1. The summed E-state index contributed by atoms with van der Waals surface area (Å²) in [5, 5.41) is 19.1. The van der Waals surface area contributed by atoms with Crippen LogP contribution in [0.4, 0.5) is 5.69 Å². The number of hydrogen-bond acceptors (Lipinski definition) is 5. The minimum atomic E-state index is -0.486. The second-order valence-corrected chi connectivity index (χ2v) is 4.00. The fourth-order valence-electron chi connectivity index (χ4n) is 1.12. The molecule has 7 heteroatoms. The quantitative estimate of drug-likeness (QED) is 0.471. The summed E-state index contributed by atoms with van der Waals surface area (Å²) in [5.74, 6) is 0.402. The number of nitrogens with zero attached hydrogens (tertiary/aromatic N) is 1. The van der Waals surface area contributed by atoms with Crippen molar-refractivity contribution in [3.8, 4) is 5.75 Å². The zero-order chi connectivity index (χ0) is 12.7. The van der Waals surface area contributed by atoms with Gasteiger partial charge in [-0.1, -0.05) is 15.9 Å². The molecular weight excluding hydrogens is 294 g/mol. The van der Waals surface area contributed by atoms with E-state index in [1.807, 2.05) is 0 Å². The zero-order valence-corrected chi connectivity index (χ0v) is 10.6. The number of ether oxygens (including phenoxy) is 2.